The van der Waals surface area contributed by atoms with Crippen LogP contribution in [-0.4, -0.2) is 41.4 Å². The summed E-state index contributed by atoms with van der Waals surface area (Å²) < 4.78 is 4.72. The van der Waals surface area contributed by atoms with E-state index in [1.165, 1.54) is 19.5 Å². The van der Waals surface area contributed by atoms with Crippen molar-refractivity contribution in [3.05, 3.63) is 47.8 Å². The summed E-state index contributed by atoms with van der Waals surface area (Å²) in [7, 11) is 1.37. The Balaban J connectivity index is 1.68. The number of piperidine rings is 1. The van der Waals surface area contributed by atoms with Gasteiger partial charge in [-0.1, -0.05) is 0 Å². The number of Topliss-reactive ketones (excluding diaryl/α,β-unsaturated/α-hetero) is 1. The molecule has 1 aromatic heterocycles. The van der Waals surface area contributed by atoms with Gasteiger partial charge in [0.1, 0.15) is 0 Å². The van der Waals surface area contributed by atoms with E-state index in [9.17, 15) is 9.59 Å². The predicted molar refractivity (Wildman–Crippen MR) is 97.7 cm³/mol. The minimum atomic E-state index is -0.349. The van der Waals surface area contributed by atoms with E-state index in [0.29, 0.717) is 36.3 Å². The van der Waals surface area contributed by atoms with Crippen molar-refractivity contribution in [2.75, 3.05) is 13.7 Å². The molecule has 0 amide bonds. The lowest BCUT2D eigenvalue weighted by molar-refractivity contribution is -0.142. The normalized spacial score (nSPS) is 19.1. The number of nitriles is 1. The summed E-state index contributed by atoms with van der Waals surface area (Å²) in [6.07, 6.45) is 4.80. The lowest BCUT2D eigenvalue weighted by Crippen LogP contribution is -2.44. The summed E-state index contributed by atoms with van der Waals surface area (Å²) in [5, 5.41) is 12.1. The van der Waals surface area contributed by atoms with Crippen molar-refractivity contribution in [3.8, 4) is 17.5 Å². The molecule has 1 fully saturated rings. The highest BCUT2D eigenvalue weighted by atomic mass is 16.5. The second kappa shape index (κ2) is 8.52. The Kier molecular flexibility index (Phi) is 5.89. The van der Waals surface area contributed by atoms with Crippen LogP contribution >= 0.6 is 0 Å². The van der Waals surface area contributed by atoms with E-state index in [1.54, 1.807) is 24.3 Å². The predicted octanol–water partition coefficient (Wildman–Crippen LogP) is 2.13. The number of hydrogen-bond donors (Lipinski definition) is 1. The van der Waals surface area contributed by atoms with Gasteiger partial charge in [0.2, 0.25) is 0 Å². The number of ketones is 1. The second-order valence-electron chi connectivity index (χ2n) is 6.53. The molecule has 2 heterocycles. The SMILES string of the molecule is COC(=O)CC1CCNC(C(=O)c2cnc(-c3ccc(C#N)cc3)nc2)C1. The number of carbonyl (C=O) groups excluding carboxylic acids is 2. The molecule has 0 saturated carbocycles. The molecule has 0 aliphatic carbocycles. The van der Waals surface area contributed by atoms with Gasteiger partial charge in [-0.25, -0.2) is 9.97 Å². The maximum atomic E-state index is 12.7. The molecule has 7 heteroatoms. The van der Waals surface area contributed by atoms with Crippen molar-refractivity contribution in [2.45, 2.75) is 25.3 Å². The maximum absolute atomic E-state index is 12.7. The maximum Gasteiger partial charge on any atom is 0.305 e. The zero-order chi connectivity index (χ0) is 19.2. The fraction of sp³-hybridized carbons (Fsp3) is 0.350. The molecular formula is C20H20N4O3. The highest BCUT2D eigenvalue weighted by Crippen LogP contribution is 2.23. The molecule has 1 N–H and O–H groups in total. The van der Waals surface area contributed by atoms with Crippen LogP contribution in [0.5, 0.6) is 0 Å². The molecule has 138 valence electrons. The van der Waals surface area contributed by atoms with Gasteiger partial charge >= 0.3 is 5.97 Å². The van der Waals surface area contributed by atoms with Crippen molar-refractivity contribution >= 4 is 11.8 Å². The van der Waals surface area contributed by atoms with Gasteiger partial charge in [0.25, 0.3) is 0 Å². The summed E-state index contributed by atoms with van der Waals surface area (Å²) >= 11 is 0. The van der Waals surface area contributed by atoms with Gasteiger partial charge in [-0.15, -0.1) is 0 Å². The minimum Gasteiger partial charge on any atom is -0.469 e. The van der Waals surface area contributed by atoms with E-state index < -0.39 is 0 Å². The van der Waals surface area contributed by atoms with Crippen LogP contribution in [0.25, 0.3) is 11.4 Å². The van der Waals surface area contributed by atoms with Gasteiger partial charge in [-0.05, 0) is 49.6 Å². The topological polar surface area (TPSA) is 105 Å². The number of rotatable bonds is 5. The lowest BCUT2D eigenvalue weighted by atomic mass is 9.87. The largest absolute Gasteiger partial charge is 0.469 e. The number of carbonyl (C=O) groups is 2. The van der Waals surface area contributed by atoms with Crippen molar-refractivity contribution in [2.24, 2.45) is 5.92 Å². The smallest absolute Gasteiger partial charge is 0.305 e. The molecule has 1 aliphatic rings. The average molecular weight is 364 g/mol. The Bertz CT molecular complexity index is 856. The fourth-order valence-corrected chi connectivity index (χ4v) is 3.20. The minimum absolute atomic E-state index is 0.0732. The molecule has 1 aliphatic heterocycles. The number of hydrogen-bond acceptors (Lipinski definition) is 7. The number of aromatic nitrogens is 2. The second-order valence-corrected chi connectivity index (χ2v) is 6.53. The summed E-state index contributed by atoms with van der Waals surface area (Å²) in [6, 6.07) is 8.66. The average Bonchev–Trinajstić information content (AvgIpc) is 2.73. The molecule has 2 aromatic rings. The van der Waals surface area contributed by atoms with E-state index in [0.717, 1.165) is 12.0 Å². The highest BCUT2D eigenvalue weighted by molar-refractivity contribution is 5.99. The molecule has 7 nitrogen and oxygen atoms in total. The standard InChI is InChI=1S/C20H20N4O3/c1-27-18(25)9-14-6-7-22-17(8-14)19(26)16-11-23-20(24-12-16)15-4-2-13(10-21)3-5-15/h2-5,11-12,14,17,22H,6-9H2,1H3. The zero-order valence-corrected chi connectivity index (χ0v) is 15.0. The van der Waals surface area contributed by atoms with Gasteiger partial charge in [0, 0.05) is 24.4 Å². The van der Waals surface area contributed by atoms with Gasteiger partial charge in [0.15, 0.2) is 11.6 Å². The number of esters is 1. The molecule has 2 atom stereocenters. The first-order valence-electron chi connectivity index (χ1n) is 8.77. The molecule has 1 aromatic carbocycles. The van der Waals surface area contributed by atoms with Crippen LogP contribution in [0.3, 0.4) is 0 Å². The Morgan fingerprint density at radius 2 is 1.96 bits per heavy atom. The summed E-state index contributed by atoms with van der Waals surface area (Å²) in [4.78, 5) is 32.8. The number of nitrogens with one attached hydrogen (secondary N) is 1. The Labute approximate surface area is 157 Å². The first-order chi connectivity index (χ1) is 13.1. The van der Waals surface area contributed by atoms with Crippen LogP contribution < -0.4 is 5.32 Å². The quantitative estimate of drug-likeness (QED) is 0.640. The number of methoxy groups -OCH3 is 1. The van der Waals surface area contributed by atoms with Gasteiger partial charge in [-0.3, -0.25) is 9.59 Å². The third kappa shape index (κ3) is 4.54. The Morgan fingerprint density at radius 1 is 1.26 bits per heavy atom. The van der Waals surface area contributed by atoms with E-state index in [2.05, 4.69) is 21.4 Å². The number of ether oxygens (including phenoxy) is 1. The van der Waals surface area contributed by atoms with Gasteiger partial charge in [-0.2, -0.15) is 5.26 Å². The fourth-order valence-electron chi connectivity index (χ4n) is 3.20. The molecule has 0 radical (unpaired) electrons. The van der Waals surface area contributed by atoms with E-state index in [4.69, 9.17) is 10.00 Å². The van der Waals surface area contributed by atoms with Crippen LogP contribution in [0.15, 0.2) is 36.7 Å². The number of nitrogens with zero attached hydrogens (tertiary/aromatic N) is 3. The van der Waals surface area contributed by atoms with Crippen molar-refractivity contribution < 1.29 is 14.3 Å². The summed E-state index contributed by atoms with van der Waals surface area (Å²) in [6.45, 7) is 0.683. The van der Waals surface area contributed by atoms with Gasteiger partial charge < -0.3 is 10.1 Å². The van der Waals surface area contributed by atoms with Crippen LogP contribution in [0.2, 0.25) is 0 Å². The highest BCUT2D eigenvalue weighted by Gasteiger charge is 2.29. The Morgan fingerprint density at radius 3 is 2.59 bits per heavy atom. The van der Waals surface area contributed by atoms with E-state index in [-0.39, 0.29) is 23.7 Å². The Hall–Kier alpha value is -3.11. The molecule has 27 heavy (non-hydrogen) atoms. The summed E-state index contributed by atoms with van der Waals surface area (Å²) in [5.41, 5.74) is 1.78. The molecule has 0 spiro atoms. The van der Waals surface area contributed by atoms with Crippen molar-refractivity contribution in [3.63, 3.8) is 0 Å². The first kappa shape index (κ1) is 18.7. The third-order valence-electron chi connectivity index (χ3n) is 4.72. The molecule has 2 unspecified atom stereocenters. The molecular weight excluding hydrogens is 344 g/mol. The van der Waals surface area contributed by atoms with Crippen LogP contribution in [-0.2, 0) is 9.53 Å². The summed E-state index contributed by atoms with van der Waals surface area (Å²) in [5.74, 6) is 0.307. The van der Waals surface area contributed by atoms with Crippen LogP contribution in [0.1, 0.15) is 35.2 Å². The van der Waals surface area contributed by atoms with Crippen molar-refractivity contribution in [1.29, 1.82) is 5.26 Å². The lowest BCUT2D eigenvalue weighted by Gasteiger charge is -2.28. The molecule has 0 bridgehead atoms. The molecule has 1 saturated heterocycles. The monoisotopic (exact) mass is 364 g/mol. The third-order valence-corrected chi connectivity index (χ3v) is 4.72. The van der Waals surface area contributed by atoms with E-state index in [1.807, 2.05) is 0 Å². The first-order valence-corrected chi connectivity index (χ1v) is 8.77. The zero-order valence-electron chi connectivity index (χ0n) is 15.0. The van der Waals surface area contributed by atoms with Crippen molar-refractivity contribution in [1.82, 2.24) is 15.3 Å². The van der Waals surface area contributed by atoms with Crippen LogP contribution in [0.4, 0.5) is 0 Å². The molecule has 3 rings (SSSR count). The van der Waals surface area contributed by atoms with Crippen LogP contribution in [0, 0.1) is 17.2 Å². The van der Waals surface area contributed by atoms with Gasteiger partial charge in [0.05, 0.1) is 30.3 Å². The number of benzene rings is 1. The van der Waals surface area contributed by atoms with E-state index >= 15 is 0 Å².